The van der Waals surface area contributed by atoms with Crippen LogP contribution in [0, 0.1) is 23.3 Å². The van der Waals surface area contributed by atoms with Gasteiger partial charge in [-0.3, -0.25) is 4.79 Å². The predicted octanol–water partition coefficient (Wildman–Crippen LogP) is 0.785. The van der Waals surface area contributed by atoms with Crippen LogP contribution in [0.25, 0.3) is 0 Å². The predicted molar refractivity (Wildman–Crippen MR) is 58.0 cm³/mol. The Kier molecular flexibility index (Phi) is 5.28. The molecule has 5 nitrogen and oxygen atoms in total. The molecular weight excluding hydrogens is 286 g/mol. The number of hydrogen-bond donors (Lipinski definition) is 3. The van der Waals surface area contributed by atoms with E-state index in [1.807, 2.05) is 0 Å². The number of aliphatic carboxylic acids is 1. The second-order valence-electron chi connectivity index (χ2n) is 3.94. The van der Waals surface area contributed by atoms with Gasteiger partial charge in [-0.05, 0) is 0 Å². The summed E-state index contributed by atoms with van der Waals surface area (Å²) >= 11 is 0. The maximum Gasteiger partial charge on any atom is 0.305 e. The van der Waals surface area contributed by atoms with Gasteiger partial charge in [0.25, 0.3) is 0 Å². The molecule has 1 rings (SSSR count). The third-order valence-corrected chi connectivity index (χ3v) is 2.37. The Morgan fingerprint density at radius 2 is 1.75 bits per heavy atom. The molecule has 0 saturated carbocycles. The van der Waals surface area contributed by atoms with Gasteiger partial charge < -0.3 is 20.7 Å². The lowest BCUT2D eigenvalue weighted by Gasteiger charge is -2.18. The molecule has 112 valence electrons. The molecule has 1 aromatic rings. The number of carbonyl (C=O) groups is 1. The molecule has 0 aliphatic heterocycles. The molecule has 1 aromatic carbocycles. The van der Waals surface area contributed by atoms with Gasteiger partial charge in [0.2, 0.25) is 11.6 Å². The van der Waals surface area contributed by atoms with Crippen LogP contribution in [-0.4, -0.2) is 34.9 Å². The van der Waals surface area contributed by atoms with Gasteiger partial charge in [0, 0.05) is 12.1 Å². The summed E-state index contributed by atoms with van der Waals surface area (Å²) in [5, 5.41) is 17.8. The number of nitrogens with two attached hydrogens (primary N) is 1. The molecule has 2 unspecified atom stereocenters. The molecule has 0 fully saturated rings. The first-order chi connectivity index (χ1) is 9.23. The molecule has 0 spiro atoms. The molecule has 0 aromatic heterocycles. The lowest BCUT2D eigenvalue weighted by molar-refractivity contribution is -0.138. The van der Waals surface area contributed by atoms with Gasteiger partial charge in [-0.1, -0.05) is 0 Å². The normalized spacial score (nSPS) is 13.9. The van der Waals surface area contributed by atoms with Crippen LogP contribution in [-0.2, 0) is 4.79 Å². The summed E-state index contributed by atoms with van der Waals surface area (Å²) in [6.07, 6.45) is -2.20. The Morgan fingerprint density at radius 1 is 1.25 bits per heavy atom. The molecule has 0 bridgehead atoms. The largest absolute Gasteiger partial charge is 0.485 e. The highest BCUT2D eigenvalue weighted by atomic mass is 19.2. The Bertz CT molecular complexity index is 485. The number of halogens is 4. The summed E-state index contributed by atoms with van der Waals surface area (Å²) < 4.78 is 56.5. The molecule has 0 aliphatic carbocycles. The number of aliphatic hydroxyl groups is 1. The van der Waals surface area contributed by atoms with E-state index in [0.717, 1.165) is 0 Å². The summed E-state index contributed by atoms with van der Waals surface area (Å²) in [6.45, 7) is -0.828. The van der Waals surface area contributed by atoms with Crippen molar-refractivity contribution in [3.63, 3.8) is 0 Å². The molecule has 0 radical (unpaired) electrons. The second-order valence-corrected chi connectivity index (χ2v) is 3.94. The molecule has 4 N–H and O–H groups in total. The van der Waals surface area contributed by atoms with Crippen LogP contribution in [0.15, 0.2) is 6.07 Å². The van der Waals surface area contributed by atoms with Gasteiger partial charge in [0.1, 0.15) is 12.7 Å². The molecule has 0 heterocycles. The van der Waals surface area contributed by atoms with Crippen molar-refractivity contribution in [1.82, 2.24) is 0 Å². The number of carboxylic acids is 1. The van der Waals surface area contributed by atoms with Crippen molar-refractivity contribution in [2.24, 2.45) is 5.73 Å². The topological polar surface area (TPSA) is 92.8 Å². The Morgan fingerprint density at radius 3 is 2.20 bits per heavy atom. The smallest absolute Gasteiger partial charge is 0.305 e. The quantitative estimate of drug-likeness (QED) is 0.533. The summed E-state index contributed by atoms with van der Waals surface area (Å²) in [7, 11) is 0. The maximum absolute atomic E-state index is 13.2. The molecule has 2 atom stereocenters. The number of ether oxygens (including phenoxy) is 1. The second kappa shape index (κ2) is 6.53. The van der Waals surface area contributed by atoms with Crippen LogP contribution in [0.1, 0.15) is 6.42 Å². The van der Waals surface area contributed by atoms with Gasteiger partial charge in [-0.2, -0.15) is 8.78 Å². The maximum atomic E-state index is 13.2. The Hall–Kier alpha value is -1.87. The van der Waals surface area contributed by atoms with E-state index in [-0.39, 0.29) is 6.07 Å². The summed E-state index contributed by atoms with van der Waals surface area (Å²) in [4.78, 5) is 10.3. The van der Waals surface area contributed by atoms with Crippen molar-refractivity contribution in [2.45, 2.75) is 18.6 Å². The SMILES string of the molecule is NC(CC(=O)O)C(O)COc1c(F)c(F)cc(F)c1F. The van der Waals surface area contributed by atoms with E-state index in [4.69, 9.17) is 10.8 Å². The third-order valence-electron chi connectivity index (χ3n) is 2.37. The van der Waals surface area contributed by atoms with Crippen LogP contribution in [0.5, 0.6) is 5.75 Å². The summed E-state index contributed by atoms with van der Waals surface area (Å²) in [5.74, 6) is -9.49. The number of hydrogen-bond acceptors (Lipinski definition) is 4. The van der Waals surface area contributed by atoms with Gasteiger partial charge in [-0.25, -0.2) is 8.78 Å². The fourth-order valence-electron chi connectivity index (χ4n) is 1.31. The van der Waals surface area contributed by atoms with E-state index >= 15 is 0 Å². The highest BCUT2D eigenvalue weighted by Crippen LogP contribution is 2.26. The van der Waals surface area contributed by atoms with Gasteiger partial charge in [0.15, 0.2) is 17.4 Å². The monoisotopic (exact) mass is 297 g/mol. The van der Waals surface area contributed by atoms with Crippen molar-refractivity contribution in [3.8, 4) is 5.75 Å². The van der Waals surface area contributed by atoms with Crippen molar-refractivity contribution in [1.29, 1.82) is 0 Å². The minimum absolute atomic E-state index is 0.00409. The van der Waals surface area contributed by atoms with E-state index in [1.54, 1.807) is 0 Å². The summed E-state index contributed by atoms with van der Waals surface area (Å²) in [5.41, 5.74) is 5.27. The van der Waals surface area contributed by atoms with Crippen LogP contribution >= 0.6 is 0 Å². The van der Waals surface area contributed by atoms with Crippen molar-refractivity contribution in [3.05, 3.63) is 29.3 Å². The molecular formula is C11H11F4NO4. The van der Waals surface area contributed by atoms with Crippen LogP contribution in [0.4, 0.5) is 17.6 Å². The van der Waals surface area contributed by atoms with E-state index in [2.05, 4.69) is 4.74 Å². The van der Waals surface area contributed by atoms with Crippen molar-refractivity contribution in [2.75, 3.05) is 6.61 Å². The first-order valence-corrected chi connectivity index (χ1v) is 5.35. The zero-order valence-electron chi connectivity index (χ0n) is 9.95. The highest BCUT2D eigenvalue weighted by Gasteiger charge is 2.24. The molecule has 9 heteroatoms. The van der Waals surface area contributed by atoms with Crippen LogP contribution < -0.4 is 10.5 Å². The zero-order valence-corrected chi connectivity index (χ0v) is 9.95. The molecule has 0 aliphatic rings. The van der Waals surface area contributed by atoms with Gasteiger partial charge in [0.05, 0.1) is 6.42 Å². The van der Waals surface area contributed by atoms with E-state index in [0.29, 0.717) is 0 Å². The standard InChI is InChI=1S/C11H11F4NO4/c12-4-1-5(13)10(15)11(9(4)14)20-3-7(17)6(16)2-8(18)19/h1,6-7,17H,2-3,16H2,(H,18,19). The molecule has 0 amide bonds. The van der Waals surface area contributed by atoms with Crippen molar-refractivity contribution >= 4 is 5.97 Å². The fourth-order valence-corrected chi connectivity index (χ4v) is 1.31. The van der Waals surface area contributed by atoms with Crippen LogP contribution in [0.2, 0.25) is 0 Å². The Balaban J connectivity index is 2.78. The number of rotatable bonds is 6. The molecule has 20 heavy (non-hydrogen) atoms. The van der Waals surface area contributed by atoms with Gasteiger partial charge in [-0.15, -0.1) is 0 Å². The third kappa shape index (κ3) is 3.81. The van der Waals surface area contributed by atoms with Crippen LogP contribution in [0.3, 0.4) is 0 Å². The fraction of sp³-hybridized carbons (Fsp3) is 0.364. The molecule has 0 saturated heterocycles. The zero-order chi connectivity index (χ0) is 15.4. The van der Waals surface area contributed by atoms with E-state index in [9.17, 15) is 27.5 Å². The van der Waals surface area contributed by atoms with E-state index in [1.165, 1.54) is 0 Å². The highest BCUT2D eigenvalue weighted by molar-refractivity contribution is 5.67. The minimum atomic E-state index is -1.76. The van der Waals surface area contributed by atoms with E-state index < -0.39 is 60.2 Å². The van der Waals surface area contributed by atoms with Crippen molar-refractivity contribution < 1.29 is 37.3 Å². The number of aliphatic hydroxyl groups excluding tert-OH is 1. The summed E-state index contributed by atoms with van der Waals surface area (Å²) in [6, 6.07) is -1.26. The lowest BCUT2D eigenvalue weighted by atomic mass is 10.1. The average Bonchev–Trinajstić information content (AvgIpc) is 2.35. The Labute approximate surface area is 110 Å². The first kappa shape index (κ1) is 16.2. The lowest BCUT2D eigenvalue weighted by Crippen LogP contribution is -2.40. The number of carboxylic acid groups (broad SMARTS) is 1. The van der Waals surface area contributed by atoms with Gasteiger partial charge >= 0.3 is 5.97 Å². The number of benzene rings is 1. The minimum Gasteiger partial charge on any atom is -0.485 e. The average molecular weight is 297 g/mol. The first-order valence-electron chi connectivity index (χ1n) is 5.35.